The molecule has 1 saturated heterocycles. The maximum Gasteiger partial charge on any atom is 0.0182 e. The predicted molar refractivity (Wildman–Crippen MR) is 105 cm³/mol. The Morgan fingerprint density at radius 2 is 1.22 bits per heavy atom. The summed E-state index contributed by atoms with van der Waals surface area (Å²) in [5, 5.41) is 0. The van der Waals surface area contributed by atoms with Crippen LogP contribution >= 0.6 is 0 Å². The second-order valence-electron chi connectivity index (χ2n) is 10.1. The average Bonchev–Trinajstić information content (AvgIpc) is 2.55. The third-order valence-electron chi connectivity index (χ3n) is 6.92. The molecule has 23 heavy (non-hydrogen) atoms. The first-order valence-corrected chi connectivity index (χ1v) is 10.2. The largest absolute Gasteiger partial charge is 0.291 e. The summed E-state index contributed by atoms with van der Waals surface area (Å²) >= 11 is 0. The van der Waals surface area contributed by atoms with Gasteiger partial charge in [0.1, 0.15) is 0 Å². The van der Waals surface area contributed by atoms with E-state index >= 15 is 0 Å². The van der Waals surface area contributed by atoms with Gasteiger partial charge in [-0.15, -0.1) is 0 Å². The summed E-state index contributed by atoms with van der Waals surface area (Å²) in [4.78, 5) is 3.00. The summed E-state index contributed by atoms with van der Waals surface area (Å²) in [6.45, 7) is 27.0. The van der Waals surface area contributed by atoms with Crippen LogP contribution in [-0.4, -0.2) is 22.5 Å². The fraction of sp³-hybridized carbons (Fsp3) is 1.00. The van der Waals surface area contributed by atoms with Crippen LogP contribution in [0, 0.1) is 35.5 Å². The van der Waals surface area contributed by atoms with Crippen molar-refractivity contribution in [1.29, 1.82) is 0 Å². The molecule has 0 N–H and O–H groups in total. The molecule has 0 aromatic rings. The van der Waals surface area contributed by atoms with E-state index in [1.54, 1.807) is 0 Å². The summed E-state index contributed by atoms with van der Waals surface area (Å²) in [5.41, 5.74) is 0.246. The maximum absolute atomic E-state index is 3.00. The van der Waals surface area contributed by atoms with Crippen LogP contribution in [0.2, 0.25) is 0 Å². The monoisotopic (exact) mass is 323 g/mol. The molecule has 1 rings (SSSR count). The molecule has 0 aromatic carbocycles. The van der Waals surface area contributed by atoms with E-state index in [0.717, 1.165) is 23.7 Å². The van der Waals surface area contributed by atoms with E-state index in [-0.39, 0.29) is 5.54 Å². The molecular formula is C22H45N. The minimum absolute atomic E-state index is 0.246. The van der Waals surface area contributed by atoms with Gasteiger partial charge in [0.15, 0.2) is 0 Å². The van der Waals surface area contributed by atoms with Gasteiger partial charge in [-0.3, -0.25) is 4.90 Å². The van der Waals surface area contributed by atoms with Gasteiger partial charge in [0, 0.05) is 17.6 Å². The Bertz CT molecular complexity index is 353. The Balaban J connectivity index is 3.48. The molecule has 1 fully saturated rings. The first-order chi connectivity index (χ1) is 10.4. The maximum atomic E-state index is 3.00. The summed E-state index contributed by atoms with van der Waals surface area (Å²) < 4.78 is 0. The Hall–Kier alpha value is -0.0400. The van der Waals surface area contributed by atoms with Crippen molar-refractivity contribution in [3.8, 4) is 0 Å². The van der Waals surface area contributed by atoms with Crippen molar-refractivity contribution in [2.75, 3.05) is 0 Å². The van der Waals surface area contributed by atoms with Gasteiger partial charge < -0.3 is 0 Å². The predicted octanol–water partition coefficient (Wildman–Crippen LogP) is 6.47. The van der Waals surface area contributed by atoms with Crippen molar-refractivity contribution in [3.63, 3.8) is 0 Å². The molecule has 4 unspecified atom stereocenters. The zero-order valence-electron chi connectivity index (χ0n) is 18.0. The van der Waals surface area contributed by atoms with E-state index in [9.17, 15) is 0 Å². The molecule has 0 bridgehead atoms. The van der Waals surface area contributed by atoms with Crippen molar-refractivity contribution in [2.45, 2.75) is 107 Å². The first kappa shape index (κ1) is 21.0. The Kier molecular flexibility index (Phi) is 7.21. The van der Waals surface area contributed by atoms with Crippen LogP contribution < -0.4 is 0 Å². The number of rotatable bonds is 5. The van der Waals surface area contributed by atoms with Crippen LogP contribution in [0.3, 0.4) is 0 Å². The molecule has 1 aliphatic heterocycles. The second-order valence-corrected chi connectivity index (χ2v) is 10.1. The van der Waals surface area contributed by atoms with E-state index in [1.165, 1.54) is 12.8 Å². The van der Waals surface area contributed by atoms with Crippen molar-refractivity contribution in [3.05, 3.63) is 0 Å². The summed E-state index contributed by atoms with van der Waals surface area (Å²) in [6, 6.07) is 1.40. The van der Waals surface area contributed by atoms with E-state index in [0.29, 0.717) is 23.9 Å². The average molecular weight is 324 g/mol. The summed E-state index contributed by atoms with van der Waals surface area (Å²) in [6.07, 6.45) is 2.79. The van der Waals surface area contributed by atoms with Gasteiger partial charge in [0.25, 0.3) is 0 Å². The molecule has 1 aliphatic rings. The van der Waals surface area contributed by atoms with Crippen LogP contribution in [0.5, 0.6) is 0 Å². The summed E-state index contributed by atoms with van der Waals surface area (Å²) in [7, 11) is 0. The van der Waals surface area contributed by atoms with Crippen LogP contribution in [-0.2, 0) is 0 Å². The van der Waals surface area contributed by atoms with Gasteiger partial charge in [-0.05, 0) is 62.2 Å². The van der Waals surface area contributed by atoms with Crippen LogP contribution in [0.4, 0.5) is 0 Å². The highest BCUT2D eigenvalue weighted by Gasteiger charge is 2.48. The lowest BCUT2D eigenvalue weighted by Gasteiger charge is -2.55. The van der Waals surface area contributed by atoms with Gasteiger partial charge in [-0.2, -0.15) is 0 Å². The van der Waals surface area contributed by atoms with Gasteiger partial charge in [-0.1, -0.05) is 62.3 Å². The Morgan fingerprint density at radius 3 is 1.57 bits per heavy atom. The highest BCUT2D eigenvalue weighted by atomic mass is 15.3. The molecule has 1 heterocycles. The third-order valence-corrected chi connectivity index (χ3v) is 6.92. The lowest BCUT2D eigenvalue weighted by Crippen LogP contribution is -2.63. The van der Waals surface area contributed by atoms with Crippen LogP contribution in [0.25, 0.3) is 0 Å². The summed E-state index contributed by atoms with van der Waals surface area (Å²) in [5.74, 6) is 4.48. The number of hydrogen-bond acceptors (Lipinski definition) is 1. The van der Waals surface area contributed by atoms with Crippen LogP contribution in [0.1, 0.15) is 89.0 Å². The quantitative estimate of drug-likeness (QED) is 0.560. The van der Waals surface area contributed by atoms with Gasteiger partial charge >= 0.3 is 0 Å². The Labute approximate surface area is 147 Å². The number of hydrogen-bond donors (Lipinski definition) is 0. The van der Waals surface area contributed by atoms with Gasteiger partial charge in [0.05, 0.1) is 0 Å². The molecular weight excluding hydrogens is 278 g/mol. The normalized spacial score (nSPS) is 31.4. The fourth-order valence-corrected chi connectivity index (χ4v) is 5.06. The van der Waals surface area contributed by atoms with Crippen molar-refractivity contribution in [1.82, 2.24) is 4.90 Å². The molecule has 0 radical (unpaired) electrons. The van der Waals surface area contributed by atoms with Crippen molar-refractivity contribution < 1.29 is 0 Å². The molecule has 0 aliphatic carbocycles. The first-order valence-electron chi connectivity index (χ1n) is 10.2. The van der Waals surface area contributed by atoms with E-state index in [4.69, 9.17) is 0 Å². The minimum Gasteiger partial charge on any atom is -0.291 e. The second kappa shape index (κ2) is 7.89. The molecule has 4 atom stereocenters. The number of nitrogens with zero attached hydrogens (tertiary/aromatic N) is 1. The topological polar surface area (TPSA) is 3.24 Å². The third kappa shape index (κ3) is 4.33. The molecule has 1 heteroatoms. The zero-order chi connectivity index (χ0) is 18.1. The SMILES string of the molecule is CC(C)C1CCC(C)C(C(C)C)N(C(C)(C)C(C)C)C1C(C)C. The van der Waals surface area contributed by atoms with Crippen molar-refractivity contribution in [2.24, 2.45) is 35.5 Å². The lowest BCUT2D eigenvalue weighted by atomic mass is 9.76. The highest BCUT2D eigenvalue weighted by molar-refractivity contribution is 5.01. The highest BCUT2D eigenvalue weighted by Crippen LogP contribution is 2.44. The Morgan fingerprint density at radius 1 is 0.739 bits per heavy atom. The molecule has 138 valence electrons. The molecule has 0 spiro atoms. The fourth-order valence-electron chi connectivity index (χ4n) is 5.06. The van der Waals surface area contributed by atoms with Crippen molar-refractivity contribution >= 4 is 0 Å². The van der Waals surface area contributed by atoms with E-state index in [1.807, 2.05) is 0 Å². The standard InChI is InChI=1S/C22H45N/c1-14(2)19-13-12-18(9)20(15(3)4)23(21(19)16(5)6)22(10,11)17(7)8/h14-21H,12-13H2,1-11H3. The van der Waals surface area contributed by atoms with E-state index in [2.05, 4.69) is 81.1 Å². The lowest BCUT2D eigenvalue weighted by molar-refractivity contribution is -0.0687. The molecule has 0 saturated carbocycles. The number of likely N-dealkylation sites (tertiary alicyclic amines) is 1. The zero-order valence-corrected chi connectivity index (χ0v) is 18.0. The van der Waals surface area contributed by atoms with E-state index < -0.39 is 0 Å². The molecule has 1 nitrogen and oxygen atoms in total. The van der Waals surface area contributed by atoms with Crippen LogP contribution in [0.15, 0.2) is 0 Å². The molecule has 0 aromatic heterocycles. The smallest absolute Gasteiger partial charge is 0.0182 e. The molecule has 0 amide bonds. The van der Waals surface area contributed by atoms with Gasteiger partial charge in [0.2, 0.25) is 0 Å². The van der Waals surface area contributed by atoms with Gasteiger partial charge in [-0.25, -0.2) is 0 Å². The minimum atomic E-state index is 0.246.